The van der Waals surface area contributed by atoms with Crippen LogP contribution in [0.5, 0.6) is 5.75 Å². The van der Waals surface area contributed by atoms with Crippen LogP contribution in [-0.4, -0.2) is 11.1 Å². The first kappa shape index (κ1) is 16.1. The van der Waals surface area contributed by atoms with Crippen LogP contribution in [0.25, 0.3) is 0 Å². The van der Waals surface area contributed by atoms with Gasteiger partial charge in [-0.15, -0.1) is 0 Å². The fourth-order valence-corrected chi connectivity index (χ4v) is 1.54. The molecule has 1 saturated carbocycles. The summed E-state index contributed by atoms with van der Waals surface area (Å²) in [4.78, 5) is 10.2. The van der Waals surface area contributed by atoms with Crippen LogP contribution in [0.3, 0.4) is 0 Å². The van der Waals surface area contributed by atoms with Crippen LogP contribution in [0, 0.1) is 6.42 Å². The molecular weight excluding hydrogens is 270 g/mol. The molecule has 17 heavy (non-hydrogen) atoms. The molecule has 0 aromatic heterocycles. The van der Waals surface area contributed by atoms with Crippen molar-refractivity contribution >= 4 is 5.97 Å². The Morgan fingerprint density at radius 1 is 1.18 bits per heavy atom. The van der Waals surface area contributed by atoms with Crippen LogP contribution in [0.4, 0.5) is 0 Å². The summed E-state index contributed by atoms with van der Waals surface area (Å²) in [5, 5.41) is 19.0. The molecular formula is C13H16O3Zn. The van der Waals surface area contributed by atoms with E-state index in [0.29, 0.717) is 0 Å². The van der Waals surface area contributed by atoms with Gasteiger partial charge in [-0.3, -0.25) is 0 Å². The summed E-state index contributed by atoms with van der Waals surface area (Å²) in [6.45, 7) is 0. The minimum absolute atomic E-state index is 0. The number of hydrogen-bond acceptors (Lipinski definition) is 2. The van der Waals surface area contributed by atoms with Crippen LogP contribution in [0.15, 0.2) is 24.3 Å². The van der Waals surface area contributed by atoms with Crippen molar-refractivity contribution in [3.63, 3.8) is 0 Å². The van der Waals surface area contributed by atoms with Gasteiger partial charge in [0, 0.05) is 0 Å². The van der Waals surface area contributed by atoms with Gasteiger partial charge in [0.2, 0.25) is 0 Å². The van der Waals surface area contributed by atoms with Crippen LogP contribution in [-0.2, 0) is 19.5 Å². The SMILES string of the molecule is O=C(O)c1ccccc1[O-].[CH-]1CCCCC1.[Zn+2]. The van der Waals surface area contributed by atoms with E-state index in [-0.39, 0.29) is 25.0 Å². The zero-order chi connectivity index (χ0) is 11.8. The van der Waals surface area contributed by atoms with Gasteiger partial charge in [-0.05, 0) is 6.07 Å². The minimum Gasteiger partial charge on any atom is -0.872 e. The number of carboxylic acids is 1. The van der Waals surface area contributed by atoms with E-state index in [1.165, 1.54) is 56.4 Å². The van der Waals surface area contributed by atoms with E-state index in [0.717, 1.165) is 0 Å². The van der Waals surface area contributed by atoms with Gasteiger partial charge in [0.1, 0.15) is 0 Å². The molecule has 2 rings (SSSR count). The fraction of sp³-hybridized carbons (Fsp3) is 0.385. The standard InChI is InChI=1S/C7H6O3.C6H11.Zn/c8-6-4-2-1-3-5(6)7(9)10;1-2-4-6-5-3-1;/h1-4,8H,(H,9,10);1H,2-6H2;/q;-1;+2/p-1. The molecule has 1 aliphatic rings. The Labute approximate surface area is 115 Å². The van der Waals surface area contributed by atoms with E-state index in [4.69, 9.17) is 5.11 Å². The normalized spacial score (nSPS) is 13.9. The van der Waals surface area contributed by atoms with Crippen LogP contribution in [0.1, 0.15) is 42.5 Å². The molecule has 1 aromatic carbocycles. The number of carbonyl (C=O) groups is 1. The number of hydrogen-bond donors (Lipinski definition) is 1. The molecule has 1 N–H and O–H groups in total. The van der Waals surface area contributed by atoms with Gasteiger partial charge in [-0.25, -0.2) is 4.79 Å². The molecule has 4 heteroatoms. The molecule has 1 aliphatic carbocycles. The number of para-hydroxylation sites is 1. The number of rotatable bonds is 1. The largest absolute Gasteiger partial charge is 2.00 e. The van der Waals surface area contributed by atoms with Gasteiger partial charge in [0.15, 0.2) is 0 Å². The molecule has 0 heterocycles. The maximum absolute atomic E-state index is 10.7. The summed E-state index contributed by atoms with van der Waals surface area (Å²) in [5.41, 5.74) is -0.178. The van der Waals surface area contributed by atoms with E-state index < -0.39 is 11.7 Å². The van der Waals surface area contributed by atoms with Crippen LogP contribution in [0.2, 0.25) is 0 Å². The summed E-state index contributed by atoms with van der Waals surface area (Å²) in [6.07, 6.45) is 9.50. The summed E-state index contributed by atoms with van der Waals surface area (Å²) in [5.74, 6) is -1.62. The summed E-state index contributed by atoms with van der Waals surface area (Å²) in [7, 11) is 0. The van der Waals surface area contributed by atoms with Crippen molar-refractivity contribution < 1.29 is 34.5 Å². The first-order valence-corrected chi connectivity index (χ1v) is 5.53. The minimum atomic E-state index is -1.18. The van der Waals surface area contributed by atoms with Gasteiger partial charge in [-0.2, -0.15) is 12.8 Å². The van der Waals surface area contributed by atoms with Crippen molar-refractivity contribution in [3.8, 4) is 5.75 Å². The molecule has 0 bridgehead atoms. The van der Waals surface area contributed by atoms with Crippen LogP contribution >= 0.6 is 0 Å². The summed E-state index contributed by atoms with van der Waals surface area (Å²) >= 11 is 0. The Balaban J connectivity index is 0.000000316. The average Bonchev–Trinajstić information content (AvgIpc) is 2.32. The topological polar surface area (TPSA) is 60.4 Å². The maximum Gasteiger partial charge on any atom is 2.00 e. The average molecular weight is 286 g/mol. The zero-order valence-corrected chi connectivity index (χ0v) is 12.9. The molecule has 3 nitrogen and oxygen atoms in total. The molecule has 88 valence electrons. The van der Waals surface area contributed by atoms with E-state index >= 15 is 0 Å². The number of benzene rings is 1. The third kappa shape index (κ3) is 6.42. The fourth-order valence-electron chi connectivity index (χ4n) is 1.54. The Morgan fingerprint density at radius 2 is 1.76 bits per heavy atom. The molecule has 0 unspecified atom stereocenters. The Hall–Kier alpha value is -0.887. The predicted octanol–water partition coefficient (Wildman–Crippen LogP) is 2.61. The third-order valence-corrected chi connectivity index (χ3v) is 2.43. The van der Waals surface area contributed by atoms with E-state index in [1.54, 1.807) is 0 Å². The molecule has 0 amide bonds. The molecule has 0 saturated heterocycles. The van der Waals surface area contributed by atoms with E-state index in [9.17, 15) is 9.90 Å². The second-order valence-electron chi connectivity index (χ2n) is 3.73. The smallest absolute Gasteiger partial charge is 0.872 e. The van der Waals surface area contributed by atoms with Crippen molar-refractivity contribution in [3.05, 3.63) is 36.2 Å². The molecule has 0 spiro atoms. The Bertz CT molecular complexity index is 324. The van der Waals surface area contributed by atoms with Gasteiger partial charge < -0.3 is 16.6 Å². The van der Waals surface area contributed by atoms with Gasteiger partial charge in [-0.1, -0.05) is 43.2 Å². The van der Waals surface area contributed by atoms with Crippen molar-refractivity contribution in [2.24, 2.45) is 0 Å². The monoisotopic (exact) mass is 284 g/mol. The van der Waals surface area contributed by atoms with Crippen molar-refractivity contribution in [1.82, 2.24) is 0 Å². The summed E-state index contributed by atoms with van der Waals surface area (Å²) < 4.78 is 0. The quantitative estimate of drug-likeness (QED) is 0.637. The predicted molar refractivity (Wildman–Crippen MR) is 60.2 cm³/mol. The first-order chi connectivity index (χ1) is 7.72. The van der Waals surface area contributed by atoms with E-state index in [1.807, 2.05) is 0 Å². The Morgan fingerprint density at radius 3 is 2.06 bits per heavy atom. The Kier molecular flexibility index (Phi) is 8.70. The number of aromatic carboxylic acids is 1. The van der Waals surface area contributed by atoms with Gasteiger partial charge >= 0.3 is 25.4 Å². The molecule has 0 aliphatic heterocycles. The van der Waals surface area contributed by atoms with E-state index in [2.05, 4.69) is 6.42 Å². The second kappa shape index (κ2) is 9.18. The second-order valence-corrected chi connectivity index (χ2v) is 3.73. The molecule has 1 aromatic rings. The van der Waals surface area contributed by atoms with Gasteiger partial charge in [0.05, 0.1) is 5.56 Å². The maximum atomic E-state index is 10.7. The third-order valence-electron chi connectivity index (χ3n) is 2.43. The molecule has 0 atom stereocenters. The zero-order valence-electron chi connectivity index (χ0n) is 9.89. The van der Waals surface area contributed by atoms with Crippen molar-refractivity contribution in [1.29, 1.82) is 0 Å². The molecule has 1 fully saturated rings. The molecule has 0 radical (unpaired) electrons. The first-order valence-electron chi connectivity index (χ1n) is 5.53. The van der Waals surface area contributed by atoms with Gasteiger partial charge in [0.25, 0.3) is 0 Å². The van der Waals surface area contributed by atoms with Crippen molar-refractivity contribution in [2.75, 3.05) is 0 Å². The van der Waals surface area contributed by atoms with Crippen molar-refractivity contribution in [2.45, 2.75) is 32.1 Å². The van der Waals surface area contributed by atoms with Crippen LogP contribution < -0.4 is 5.11 Å². The number of carboxylic acid groups (broad SMARTS) is 1. The summed E-state index contributed by atoms with van der Waals surface area (Å²) in [6, 6.07) is 5.54.